The van der Waals surface area contributed by atoms with Gasteiger partial charge in [0.1, 0.15) is 0 Å². The van der Waals surface area contributed by atoms with Crippen molar-refractivity contribution in [2.45, 2.75) is 96.9 Å². The molecule has 1 aromatic heterocycles. The van der Waals surface area contributed by atoms with E-state index >= 15 is 0 Å². The molecular weight excluding hydrogens is 594 g/mol. The number of nitrogens with one attached hydrogen (secondary N) is 2. The first-order valence-electron chi connectivity index (χ1n) is 16.9. The van der Waals surface area contributed by atoms with Gasteiger partial charge in [0.05, 0.1) is 11.9 Å². The molecule has 0 unspecified atom stereocenters. The molecule has 2 aliphatic rings. The maximum absolute atomic E-state index is 13.1. The minimum Gasteiger partial charge on any atom is -0.481 e. The molecule has 2 heterocycles. The summed E-state index contributed by atoms with van der Waals surface area (Å²) in [5, 5.41) is 15.6. The SMILES string of the molecule is CC1(C)CC(=O)n2c(c(-c3ccc(C=O)c(NC4CCCCC4)c3)c3ccccc32)C1.CN.NCCCCCC(=O)NCCC(=O)O. The molecule has 0 spiro atoms. The van der Waals surface area contributed by atoms with Crippen LogP contribution in [0, 0.1) is 5.41 Å². The Morgan fingerprint density at radius 1 is 1.00 bits per heavy atom. The van der Waals surface area contributed by atoms with Crippen molar-refractivity contribution in [2.24, 2.45) is 16.9 Å². The number of nitrogens with zero attached hydrogens (tertiary/aromatic N) is 1. The highest BCUT2D eigenvalue weighted by Gasteiger charge is 2.35. The van der Waals surface area contributed by atoms with Crippen LogP contribution in [-0.2, 0) is 16.0 Å². The van der Waals surface area contributed by atoms with E-state index in [2.05, 4.69) is 42.3 Å². The normalized spacial score (nSPS) is 15.4. The Balaban J connectivity index is 0.000000319. The van der Waals surface area contributed by atoms with Gasteiger partial charge in [-0.25, -0.2) is 0 Å². The highest BCUT2D eigenvalue weighted by molar-refractivity contribution is 6.05. The van der Waals surface area contributed by atoms with Gasteiger partial charge in [-0.05, 0) is 74.9 Å². The summed E-state index contributed by atoms with van der Waals surface area (Å²) in [7, 11) is 1.50. The molecule has 256 valence electrons. The van der Waals surface area contributed by atoms with Gasteiger partial charge in [-0.2, -0.15) is 0 Å². The summed E-state index contributed by atoms with van der Waals surface area (Å²) in [4.78, 5) is 46.0. The fraction of sp³-hybridized carbons (Fsp3) is 0.514. The Bertz CT molecular complexity index is 1510. The number of aromatic nitrogens is 1. The van der Waals surface area contributed by atoms with Gasteiger partial charge in [0.25, 0.3) is 0 Å². The third-order valence-corrected chi connectivity index (χ3v) is 8.70. The standard InChI is InChI=1S/C27H30N2O2.C9H18N2O3.CH5N/c1-27(2)15-24-26(21-10-6-7-11-23(21)29(24)25(31)16-27)18-12-13-19(17-30)22(14-18)28-20-8-4-3-5-9-20;10-6-3-1-2-4-8(12)11-7-5-9(13)14;1-2/h6-7,10-14,17,20,28H,3-5,8-9,15-16H2,1-2H3;1-7,10H2,(H,11,12)(H,13,14);2H2,1H3. The minimum absolute atomic E-state index is 0.0193. The third-order valence-electron chi connectivity index (χ3n) is 8.70. The van der Waals surface area contributed by atoms with Crippen molar-refractivity contribution < 1.29 is 24.3 Å². The summed E-state index contributed by atoms with van der Waals surface area (Å²) in [6, 6.07) is 14.7. The second-order valence-electron chi connectivity index (χ2n) is 13.1. The molecule has 47 heavy (non-hydrogen) atoms. The maximum Gasteiger partial charge on any atom is 0.305 e. The van der Waals surface area contributed by atoms with Gasteiger partial charge in [-0.3, -0.25) is 23.7 Å². The van der Waals surface area contributed by atoms with Crippen LogP contribution in [0.3, 0.4) is 0 Å². The Kier molecular flexibility index (Phi) is 14.6. The van der Waals surface area contributed by atoms with Crippen molar-refractivity contribution in [1.29, 1.82) is 0 Å². The van der Waals surface area contributed by atoms with Crippen molar-refractivity contribution in [3.8, 4) is 11.1 Å². The van der Waals surface area contributed by atoms with Gasteiger partial charge in [0.2, 0.25) is 11.8 Å². The van der Waals surface area contributed by atoms with Crippen molar-refractivity contribution in [3.05, 3.63) is 53.7 Å². The second-order valence-corrected chi connectivity index (χ2v) is 13.1. The Morgan fingerprint density at radius 3 is 2.40 bits per heavy atom. The van der Waals surface area contributed by atoms with Gasteiger partial charge in [0.15, 0.2) is 6.29 Å². The van der Waals surface area contributed by atoms with Gasteiger partial charge in [0, 0.05) is 53.3 Å². The number of para-hydroxylation sites is 1. The molecular formula is C37H53N5O5. The molecule has 10 nitrogen and oxygen atoms in total. The van der Waals surface area contributed by atoms with Gasteiger partial charge >= 0.3 is 5.97 Å². The third kappa shape index (κ3) is 10.5. The summed E-state index contributed by atoms with van der Waals surface area (Å²) < 4.78 is 1.93. The molecule has 2 aromatic carbocycles. The largest absolute Gasteiger partial charge is 0.481 e. The lowest BCUT2D eigenvalue weighted by atomic mass is 9.80. The molecule has 0 radical (unpaired) electrons. The van der Waals surface area contributed by atoms with Gasteiger partial charge < -0.3 is 27.2 Å². The van der Waals surface area contributed by atoms with Crippen LogP contribution in [0.1, 0.15) is 105 Å². The van der Waals surface area contributed by atoms with E-state index in [0.29, 0.717) is 31.0 Å². The van der Waals surface area contributed by atoms with Gasteiger partial charge in [-0.1, -0.05) is 63.8 Å². The highest BCUT2D eigenvalue weighted by Crippen LogP contribution is 2.43. The number of carboxylic acid groups (broad SMARTS) is 1. The molecule has 1 saturated carbocycles. The molecule has 1 fully saturated rings. The number of aldehydes is 1. The number of aliphatic carboxylic acids is 1. The van der Waals surface area contributed by atoms with E-state index in [9.17, 15) is 19.2 Å². The Hall–Kier alpha value is -4.02. The minimum atomic E-state index is -0.895. The van der Waals surface area contributed by atoms with E-state index in [-0.39, 0.29) is 30.2 Å². The monoisotopic (exact) mass is 647 g/mol. The molecule has 1 aliphatic carbocycles. The first kappa shape index (κ1) is 37.4. The molecule has 10 heteroatoms. The molecule has 0 saturated heterocycles. The number of anilines is 1. The van der Waals surface area contributed by atoms with Crippen LogP contribution in [-0.4, -0.2) is 59.9 Å². The van der Waals surface area contributed by atoms with Crippen molar-refractivity contribution in [1.82, 2.24) is 9.88 Å². The van der Waals surface area contributed by atoms with Gasteiger partial charge in [-0.15, -0.1) is 0 Å². The number of fused-ring (bicyclic) bond motifs is 3. The van der Waals surface area contributed by atoms with Crippen LogP contribution in [0.2, 0.25) is 0 Å². The lowest BCUT2D eigenvalue weighted by Crippen LogP contribution is -2.31. The topological polar surface area (TPSA) is 170 Å². The molecule has 0 atom stereocenters. The number of amides is 1. The Morgan fingerprint density at radius 2 is 1.72 bits per heavy atom. The maximum atomic E-state index is 13.1. The molecule has 5 rings (SSSR count). The number of hydrogen-bond donors (Lipinski definition) is 5. The molecule has 0 bridgehead atoms. The Labute approximate surface area is 278 Å². The average Bonchev–Trinajstić information content (AvgIpc) is 3.38. The zero-order valence-corrected chi connectivity index (χ0v) is 28.3. The molecule has 3 aromatic rings. The van der Waals surface area contributed by atoms with E-state index in [4.69, 9.17) is 10.8 Å². The van der Waals surface area contributed by atoms with Crippen molar-refractivity contribution in [3.63, 3.8) is 0 Å². The zero-order valence-electron chi connectivity index (χ0n) is 28.3. The predicted molar refractivity (Wildman–Crippen MR) is 189 cm³/mol. The highest BCUT2D eigenvalue weighted by atomic mass is 16.4. The van der Waals surface area contributed by atoms with Crippen LogP contribution >= 0.6 is 0 Å². The number of carbonyl (C=O) groups is 4. The van der Waals surface area contributed by atoms with Crippen LogP contribution in [0.4, 0.5) is 5.69 Å². The number of rotatable bonds is 12. The molecule has 7 N–H and O–H groups in total. The fourth-order valence-corrected chi connectivity index (χ4v) is 6.48. The van der Waals surface area contributed by atoms with E-state index in [1.54, 1.807) is 0 Å². The van der Waals surface area contributed by atoms with Crippen LogP contribution in [0.25, 0.3) is 22.0 Å². The number of hydrogen-bond acceptors (Lipinski definition) is 7. The second kappa shape index (κ2) is 18.4. The number of nitrogens with two attached hydrogens (primary N) is 2. The summed E-state index contributed by atoms with van der Waals surface area (Å²) in [5.41, 5.74) is 15.6. The van der Waals surface area contributed by atoms with E-state index in [1.165, 1.54) is 26.3 Å². The molecule has 1 aliphatic heterocycles. The lowest BCUT2D eigenvalue weighted by Gasteiger charge is -2.30. The smallest absolute Gasteiger partial charge is 0.305 e. The first-order chi connectivity index (χ1) is 22.6. The van der Waals surface area contributed by atoms with E-state index < -0.39 is 5.97 Å². The summed E-state index contributed by atoms with van der Waals surface area (Å²) in [5.74, 6) is -0.810. The average molecular weight is 648 g/mol. The summed E-state index contributed by atoms with van der Waals surface area (Å²) in [6.45, 7) is 5.20. The summed E-state index contributed by atoms with van der Waals surface area (Å²) >= 11 is 0. The van der Waals surface area contributed by atoms with Crippen molar-refractivity contribution in [2.75, 3.05) is 25.5 Å². The number of carbonyl (C=O) groups excluding carboxylic acids is 3. The van der Waals surface area contributed by atoms with Crippen molar-refractivity contribution >= 4 is 40.7 Å². The lowest BCUT2D eigenvalue weighted by molar-refractivity contribution is -0.136. The number of benzene rings is 2. The fourth-order valence-electron chi connectivity index (χ4n) is 6.48. The van der Waals surface area contributed by atoms with Crippen LogP contribution < -0.4 is 22.1 Å². The van der Waals surface area contributed by atoms with E-state index in [1.807, 2.05) is 34.9 Å². The predicted octanol–water partition coefficient (Wildman–Crippen LogP) is 6.15. The van der Waals surface area contributed by atoms with Crippen LogP contribution in [0.15, 0.2) is 42.5 Å². The summed E-state index contributed by atoms with van der Waals surface area (Å²) in [6.07, 6.45) is 11.5. The molecule has 1 amide bonds. The quantitative estimate of drug-likeness (QED) is 0.115. The number of unbranched alkanes of at least 4 members (excludes halogenated alkanes) is 2. The number of carboxylic acids is 1. The van der Waals surface area contributed by atoms with Crippen LogP contribution in [0.5, 0.6) is 0 Å². The van der Waals surface area contributed by atoms with E-state index in [0.717, 1.165) is 78.2 Å². The zero-order chi connectivity index (χ0) is 34.4. The first-order valence-corrected chi connectivity index (χ1v) is 16.9.